The number of nitriles is 1. The van der Waals surface area contributed by atoms with Gasteiger partial charge in [0, 0.05) is 11.6 Å². The first-order chi connectivity index (χ1) is 15.3. The fraction of sp³-hybridized carbons (Fsp3) is 0.500. The van der Waals surface area contributed by atoms with Crippen LogP contribution in [-0.2, 0) is 19.1 Å². The van der Waals surface area contributed by atoms with Crippen LogP contribution in [0.25, 0.3) is 0 Å². The van der Waals surface area contributed by atoms with Crippen molar-refractivity contribution in [2.75, 3.05) is 6.54 Å². The largest absolute Gasteiger partial charge is 0.508 e. The summed E-state index contributed by atoms with van der Waals surface area (Å²) in [5.74, 6) is -2.76. The molecule has 0 saturated heterocycles. The lowest BCUT2D eigenvalue weighted by atomic mass is 10.0. The molecule has 0 aliphatic heterocycles. The van der Waals surface area contributed by atoms with Crippen LogP contribution in [0, 0.1) is 11.3 Å². The first-order valence-corrected chi connectivity index (χ1v) is 10.3. The SMILES string of the molecule is CC(C)NC(=O)C(c1ccccc1O)N(CC#N)C(=O)C(CC(N)=O)NC(=O)OC(C)(C)C. The highest BCUT2D eigenvalue weighted by Gasteiger charge is 2.38. The number of phenolic OH excluding ortho intramolecular Hbond substituents is 1. The number of benzene rings is 1. The average molecular weight is 462 g/mol. The molecular formula is C22H31N5O6. The molecule has 1 rings (SSSR count). The molecule has 0 spiro atoms. The van der Waals surface area contributed by atoms with Gasteiger partial charge in [0.25, 0.3) is 0 Å². The van der Waals surface area contributed by atoms with Crippen molar-refractivity contribution in [3.8, 4) is 11.8 Å². The average Bonchev–Trinajstić information content (AvgIpc) is 2.65. The van der Waals surface area contributed by atoms with E-state index in [4.69, 9.17) is 10.5 Å². The van der Waals surface area contributed by atoms with Crippen LogP contribution in [0.2, 0.25) is 0 Å². The number of primary amides is 1. The van der Waals surface area contributed by atoms with E-state index in [0.717, 1.165) is 4.90 Å². The lowest BCUT2D eigenvalue weighted by Gasteiger charge is -2.33. The number of alkyl carbamates (subject to hydrolysis) is 1. The molecule has 0 saturated carbocycles. The van der Waals surface area contributed by atoms with Gasteiger partial charge in [-0.1, -0.05) is 18.2 Å². The highest BCUT2D eigenvalue weighted by Crippen LogP contribution is 2.29. The normalized spacial score (nSPS) is 12.8. The van der Waals surface area contributed by atoms with Crippen LogP contribution in [-0.4, -0.2) is 58.1 Å². The molecule has 0 bridgehead atoms. The molecule has 11 nitrogen and oxygen atoms in total. The van der Waals surface area contributed by atoms with E-state index < -0.39 is 54.5 Å². The van der Waals surface area contributed by atoms with Crippen LogP contribution in [0.15, 0.2) is 24.3 Å². The van der Waals surface area contributed by atoms with Gasteiger partial charge in [0.05, 0.1) is 12.5 Å². The van der Waals surface area contributed by atoms with E-state index in [1.807, 2.05) is 6.07 Å². The maximum atomic E-state index is 13.4. The van der Waals surface area contributed by atoms with E-state index >= 15 is 0 Å². The number of para-hydroxylation sites is 1. The molecule has 5 N–H and O–H groups in total. The molecule has 4 amide bonds. The first-order valence-electron chi connectivity index (χ1n) is 10.3. The summed E-state index contributed by atoms with van der Waals surface area (Å²) in [6.45, 7) is 7.68. The Kier molecular flexibility index (Phi) is 9.66. The summed E-state index contributed by atoms with van der Waals surface area (Å²) in [6, 6.07) is 4.42. The van der Waals surface area contributed by atoms with Crippen LogP contribution in [0.4, 0.5) is 4.79 Å². The molecule has 11 heteroatoms. The Balaban J connectivity index is 3.46. The zero-order chi connectivity index (χ0) is 25.3. The lowest BCUT2D eigenvalue weighted by molar-refractivity contribution is -0.142. The van der Waals surface area contributed by atoms with E-state index in [0.29, 0.717) is 0 Å². The van der Waals surface area contributed by atoms with Crippen LogP contribution < -0.4 is 16.4 Å². The van der Waals surface area contributed by atoms with Gasteiger partial charge in [-0.2, -0.15) is 5.26 Å². The number of nitrogens with two attached hydrogens (primary N) is 1. The van der Waals surface area contributed by atoms with Crippen molar-refractivity contribution in [1.29, 1.82) is 5.26 Å². The Bertz CT molecular complexity index is 919. The Labute approximate surface area is 192 Å². The third kappa shape index (κ3) is 8.68. The molecule has 2 unspecified atom stereocenters. The number of carbonyl (C=O) groups is 4. The molecule has 0 aromatic heterocycles. The fourth-order valence-corrected chi connectivity index (χ4v) is 2.96. The summed E-state index contributed by atoms with van der Waals surface area (Å²) < 4.78 is 5.15. The number of nitrogens with zero attached hydrogens (tertiary/aromatic N) is 2. The summed E-state index contributed by atoms with van der Waals surface area (Å²) in [6.07, 6.45) is -1.58. The van der Waals surface area contributed by atoms with Gasteiger partial charge < -0.3 is 31.1 Å². The van der Waals surface area contributed by atoms with Crippen LogP contribution >= 0.6 is 0 Å². The second-order valence-electron chi connectivity index (χ2n) is 8.62. The quantitative estimate of drug-likeness (QED) is 0.398. The number of hydrogen-bond acceptors (Lipinski definition) is 7. The number of rotatable bonds is 9. The summed E-state index contributed by atoms with van der Waals surface area (Å²) in [5.41, 5.74) is 4.44. The molecular weight excluding hydrogens is 430 g/mol. The predicted octanol–water partition coefficient (Wildman–Crippen LogP) is 1.08. The molecule has 2 atom stereocenters. The van der Waals surface area contributed by atoms with E-state index in [1.54, 1.807) is 40.7 Å². The number of nitrogens with one attached hydrogen (secondary N) is 2. The Morgan fingerprint density at radius 2 is 1.79 bits per heavy atom. The van der Waals surface area contributed by atoms with Crippen LogP contribution in [0.1, 0.15) is 52.6 Å². The minimum absolute atomic E-state index is 0.0642. The number of aromatic hydroxyl groups is 1. The number of ether oxygens (including phenoxy) is 1. The van der Waals surface area contributed by atoms with Crippen molar-refractivity contribution in [2.24, 2.45) is 5.73 Å². The number of phenols is 1. The monoisotopic (exact) mass is 461 g/mol. The molecule has 0 fully saturated rings. The summed E-state index contributed by atoms with van der Waals surface area (Å²) >= 11 is 0. The minimum Gasteiger partial charge on any atom is -0.508 e. The van der Waals surface area contributed by atoms with E-state index in [9.17, 15) is 29.5 Å². The van der Waals surface area contributed by atoms with Gasteiger partial charge in [-0.05, 0) is 40.7 Å². The fourth-order valence-electron chi connectivity index (χ4n) is 2.96. The zero-order valence-corrected chi connectivity index (χ0v) is 19.4. The maximum absolute atomic E-state index is 13.4. The molecule has 0 radical (unpaired) electrons. The van der Waals surface area contributed by atoms with Gasteiger partial charge in [0.15, 0.2) is 0 Å². The lowest BCUT2D eigenvalue weighted by Crippen LogP contribution is -2.54. The minimum atomic E-state index is -1.51. The van der Waals surface area contributed by atoms with Crippen molar-refractivity contribution in [3.63, 3.8) is 0 Å². The number of hydrogen-bond donors (Lipinski definition) is 4. The third-order valence-electron chi connectivity index (χ3n) is 4.14. The van der Waals surface area contributed by atoms with Crippen molar-refractivity contribution in [3.05, 3.63) is 29.8 Å². The third-order valence-corrected chi connectivity index (χ3v) is 4.14. The topological polar surface area (TPSA) is 175 Å². The maximum Gasteiger partial charge on any atom is 0.408 e. The number of amides is 4. The molecule has 1 aromatic carbocycles. The predicted molar refractivity (Wildman–Crippen MR) is 118 cm³/mol. The first kappa shape index (κ1) is 27.2. The highest BCUT2D eigenvalue weighted by atomic mass is 16.6. The standard InChI is InChI=1S/C22H31N5O6/c1-13(2)25-19(30)18(14-8-6-7-9-16(14)28)27(11-10-23)20(31)15(12-17(24)29)26-21(32)33-22(3,4)5/h6-9,13,15,18,28H,11-12H2,1-5H3,(H2,24,29)(H,25,30)(H,26,32). The van der Waals surface area contributed by atoms with Gasteiger partial charge >= 0.3 is 6.09 Å². The van der Waals surface area contributed by atoms with Gasteiger partial charge in [-0.15, -0.1) is 0 Å². The van der Waals surface area contributed by atoms with E-state index in [2.05, 4.69) is 10.6 Å². The molecule has 0 heterocycles. The van der Waals surface area contributed by atoms with Crippen molar-refractivity contribution in [2.45, 2.75) is 64.8 Å². The van der Waals surface area contributed by atoms with Crippen molar-refractivity contribution >= 4 is 23.8 Å². The summed E-state index contributed by atoms with van der Waals surface area (Å²) in [5, 5.41) is 24.7. The molecule has 1 aromatic rings. The Morgan fingerprint density at radius 1 is 1.18 bits per heavy atom. The van der Waals surface area contributed by atoms with Crippen molar-refractivity contribution in [1.82, 2.24) is 15.5 Å². The van der Waals surface area contributed by atoms with Gasteiger partial charge in [0.1, 0.15) is 30.0 Å². The second kappa shape index (κ2) is 11.7. The Morgan fingerprint density at radius 3 is 2.27 bits per heavy atom. The summed E-state index contributed by atoms with van der Waals surface area (Å²) in [7, 11) is 0. The van der Waals surface area contributed by atoms with Crippen molar-refractivity contribution < 1.29 is 29.0 Å². The van der Waals surface area contributed by atoms with E-state index in [-0.39, 0.29) is 17.4 Å². The van der Waals surface area contributed by atoms with Gasteiger partial charge in [0.2, 0.25) is 17.7 Å². The Hall–Kier alpha value is -3.81. The molecule has 180 valence electrons. The zero-order valence-electron chi connectivity index (χ0n) is 19.4. The molecule has 0 aliphatic rings. The van der Waals surface area contributed by atoms with Crippen LogP contribution in [0.5, 0.6) is 5.75 Å². The summed E-state index contributed by atoms with van der Waals surface area (Å²) in [4.78, 5) is 51.2. The van der Waals surface area contributed by atoms with E-state index in [1.165, 1.54) is 18.2 Å². The smallest absolute Gasteiger partial charge is 0.408 e. The van der Waals surface area contributed by atoms with Gasteiger partial charge in [-0.25, -0.2) is 4.79 Å². The second-order valence-corrected chi connectivity index (χ2v) is 8.62. The van der Waals surface area contributed by atoms with Gasteiger partial charge in [-0.3, -0.25) is 14.4 Å². The van der Waals surface area contributed by atoms with Crippen LogP contribution in [0.3, 0.4) is 0 Å². The molecule has 0 aliphatic carbocycles. The highest BCUT2D eigenvalue weighted by molar-refractivity contribution is 5.95. The molecule has 33 heavy (non-hydrogen) atoms. The number of carbonyl (C=O) groups excluding carboxylic acids is 4.